The number of benzene rings is 1. The largest absolute Gasteiger partial charge is 0.389 e. The lowest BCUT2D eigenvalue weighted by Gasteiger charge is -2.22. The molecule has 106 valence electrons. The van der Waals surface area contributed by atoms with E-state index >= 15 is 0 Å². The van der Waals surface area contributed by atoms with E-state index in [0.29, 0.717) is 17.7 Å². The minimum absolute atomic E-state index is 0.0999. The van der Waals surface area contributed by atoms with Crippen LogP contribution in [0.15, 0.2) is 23.1 Å². The fourth-order valence-corrected chi connectivity index (χ4v) is 3.96. The second-order valence-corrected chi connectivity index (χ2v) is 7.26. The summed E-state index contributed by atoms with van der Waals surface area (Å²) < 4.78 is 27.0. The standard InChI is InChI=1S/C14H21NO3S/c1-11-5-6-13(12(2)9-11)19(17,18)15-10-14(16)7-3-4-8-14/h5-6,9,15-16H,3-4,7-8,10H2,1-2H3. The second-order valence-electron chi connectivity index (χ2n) is 5.52. The van der Waals surface area contributed by atoms with Crippen molar-refractivity contribution in [2.24, 2.45) is 0 Å². The number of hydrogen-bond acceptors (Lipinski definition) is 3. The maximum Gasteiger partial charge on any atom is 0.240 e. The Morgan fingerprint density at radius 2 is 1.89 bits per heavy atom. The smallest absolute Gasteiger partial charge is 0.240 e. The van der Waals surface area contributed by atoms with Crippen molar-refractivity contribution in [3.8, 4) is 0 Å². The first-order chi connectivity index (χ1) is 8.82. The fraction of sp³-hybridized carbons (Fsp3) is 0.571. The van der Waals surface area contributed by atoms with Crippen molar-refractivity contribution < 1.29 is 13.5 Å². The maximum absolute atomic E-state index is 12.2. The molecule has 0 spiro atoms. The molecule has 0 radical (unpaired) electrons. The Kier molecular flexibility index (Phi) is 3.99. The van der Waals surface area contributed by atoms with Gasteiger partial charge in [-0.15, -0.1) is 0 Å². The van der Waals surface area contributed by atoms with Crippen LogP contribution < -0.4 is 4.72 Å². The van der Waals surface area contributed by atoms with Gasteiger partial charge in [-0.2, -0.15) is 0 Å². The third-order valence-corrected chi connectivity index (χ3v) is 5.31. The Morgan fingerprint density at radius 3 is 2.47 bits per heavy atom. The Morgan fingerprint density at radius 1 is 1.26 bits per heavy atom. The predicted octanol–water partition coefficient (Wildman–Crippen LogP) is 1.89. The normalized spacial score (nSPS) is 18.7. The average Bonchev–Trinajstić information content (AvgIpc) is 2.74. The van der Waals surface area contributed by atoms with Crippen molar-refractivity contribution in [2.45, 2.75) is 50.0 Å². The average molecular weight is 283 g/mol. The highest BCUT2D eigenvalue weighted by molar-refractivity contribution is 7.89. The molecular formula is C14H21NO3S. The zero-order valence-corrected chi connectivity index (χ0v) is 12.3. The highest BCUT2D eigenvalue weighted by atomic mass is 32.2. The van der Waals surface area contributed by atoms with E-state index in [-0.39, 0.29) is 6.54 Å². The van der Waals surface area contributed by atoms with Gasteiger partial charge in [0.05, 0.1) is 10.5 Å². The van der Waals surface area contributed by atoms with Crippen LogP contribution in [0.2, 0.25) is 0 Å². The zero-order chi connectivity index (χ0) is 14.1. The van der Waals surface area contributed by atoms with Gasteiger partial charge in [0, 0.05) is 6.54 Å². The van der Waals surface area contributed by atoms with E-state index in [2.05, 4.69) is 4.72 Å². The first kappa shape index (κ1) is 14.5. The number of hydrogen-bond donors (Lipinski definition) is 2. The Bertz CT molecular complexity index is 560. The monoisotopic (exact) mass is 283 g/mol. The van der Waals surface area contributed by atoms with Crippen LogP contribution in [-0.4, -0.2) is 25.7 Å². The fourth-order valence-electron chi connectivity index (χ4n) is 2.62. The quantitative estimate of drug-likeness (QED) is 0.886. The van der Waals surface area contributed by atoms with Crippen LogP contribution in [0.25, 0.3) is 0 Å². The molecule has 2 N–H and O–H groups in total. The van der Waals surface area contributed by atoms with Gasteiger partial charge in [0.1, 0.15) is 0 Å². The van der Waals surface area contributed by atoms with Crippen molar-refractivity contribution >= 4 is 10.0 Å². The van der Waals surface area contributed by atoms with Crippen molar-refractivity contribution in [1.29, 1.82) is 0 Å². The van der Waals surface area contributed by atoms with Crippen molar-refractivity contribution in [3.63, 3.8) is 0 Å². The van der Waals surface area contributed by atoms with E-state index in [1.807, 2.05) is 13.0 Å². The van der Waals surface area contributed by atoms with Gasteiger partial charge in [0.2, 0.25) is 10.0 Å². The number of nitrogens with one attached hydrogen (secondary N) is 1. The maximum atomic E-state index is 12.2. The Labute approximate surface area is 114 Å². The lowest BCUT2D eigenvalue weighted by molar-refractivity contribution is 0.0531. The minimum atomic E-state index is -3.54. The number of sulfonamides is 1. The van der Waals surface area contributed by atoms with E-state index in [4.69, 9.17) is 0 Å². The van der Waals surface area contributed by atoms with Crippen LogP contribution in [0, 0.1) is 13.8 Å². The molecule has 0 amide bonds. The van der Waals surface area contributed by atoms with Crippen molar-refractivity contribution in [3.05, 3.63) is 29.3 Å². The molecule has 1 aliphatic carbocycles. The van der Waals surface area contributed by atoms with Gasteiger partial charge < -0.3 is 5.11 Å². The molecule has 1 aromatic rings. The molecule has 5 heteroatoms. The molecule has 2 rings (SSSR count). The zero-order valence-electron chi connectivity index (χ0n) is 11.4. The van der Waals surface area contributed by atoms with Gasteiger partial charge >= 0.3 is 0 Å². The topological polar surface area (TPSA) is 66.4 Å². The molecule has 1 saturated carbocycles. The Hall–Kier alpha value is -0.910. The van der Waals surface area contributed by atoms with Crippen LogP contribution in [0.4, 0.5) is 0 Å². The summed E-state index contributed by atoms with van der Waals surface area (Å²) >= 11 is 0. The highest BCUT2D eigenvalue weighted by Gasteiger charge is 2.32. The molecule has 0 bridgehead atoms. The predicted molar refractivity (Wildman–Crippen MR) is 74.5 cm³/mol. The molecule has 0 unspecified atom stereocenters. The van der Waals surface area contributed by atoms with E-state index < -0.39 is 15.6 Å². The number of aryl methyl sites for hydroxylation is 2. The van der Waals surface area contributed by atoms with Crippen LogP contribution in [0.1, 0.15) is 36.8 Å². The molecule has 4 nitrogen and oxygen atoms in total. The molecule has 0 heterocycles. The minimum Gasteiger partial charge on any atom is -0.389 e. The summed E-state index contributed by atoms with van der Waals surface area (Å²) in [7, 11) is -3.54. The number of rotatable bonds is 4. The van der Waals surface area contributed by atoms with E-state index in [1.165, 1.54) is 0 Å². The first-order valence-electron chi connectivity index (χ1n) is 6.62. The van der Waals surface area contributed by atoms with Gasteiger partial charge in [-0.1, -0.05) is 30.5 Å². The summed E-state index contributed by atoms with van der Waals surface area (Å²) in [5.41, 5.74) is 0.892. The molecule has 1 aromatic carbocycles. The third kappa shape index (κ3) is 3.35. The lowest BCUT2D eigenvalue weighted by atomic mass is 10.0. The molecule has 19 heavy (non-hydrogen) atoms. The van der Waals surface area contributed by atoms with Gasteiger partial charge in [-0.25, -0.2) is 13.1 Å². The van der Waals surface area contributed by atoms with E-state index in [9.17, 15) is 13.5 Å². The second kappa shape index (κ2) is 5.23. The summed E-state index contributed by atoms with van der Waals surface area (Å²) in [6.07, 6.45) is 3.26. The molecule has 0 saturated heterocycles. The molecule has 0 aliphatic heterocycles. The summed E-state index contributed by atoms with van der Waals surface area (Å²) in [5.74, 6) is 0. The Balaban J connectivity index is 2.14. The summed E-state index contributed by atoms with van der Waals surface area (Å²) in [4.78, 5) is 0.291. The van der Waals surface area contributed by atoms with Crippen LogP contribution in [0.3, 0.4) is 0 Å². The molecule has 1 aliphatic rings. The van der Waals surface area contributed by atoms with Gasteiger partial charge in [0.25, 0.3) is 0 Å². The van der Waals surface area contributed by atoms with E-state index in [0.717, 1.165) is 24.0 Å². The van der Waals surface area contributed by atoms with Crippen molar-refractivity contribution in [1.82, 2.24) is 4.72 Å². The summed E-state index contributed by atoms with van der Waals surface area (Å²) in [6.45, 7) is 3.81. The van der Waals surface area contributed by atoms with Crippen molar-refractivity contribution in [2.75, 3.05) is 6.54 Å². The SMILES string of the molecule is Cc1ccc(S(=O)(=O)NCC2(O)CCCC2)c(C)c1. The van der Waals surface area contributed by atoms with Gasteiger partial charge in [-0.3, -0.25) is 0 Å². The third-order valence-electron chi connectivity index (χ3n) is 3.75. The van der Waals surface area contributed by atoms with Crippen LogP contribution in [-0.2, 0) is 10.0 Å². The summed E-state index contributed by atoms with van der Waals surface area (Å²) in [6, 6.07) is 5.25. The van der Waals surface area contributed by atoms with Crippen LogP contribution >= 0.6 is 0 Å². The number of aliphatic hydroxyl groups is 1. The molecule has 1 fully saturated rings. The lowest BCUT2D eigenvalue weighted by Crippen LogP contribution is -2.40. The first-order valence-corrected chi connectivity index (χ1v) is 8.10. The van der Waals surface area contributed by atoms with Crippen LogP contribution in [0.5, 0.6) is 0 Å². The summed E-state index contributed by atoms with van der Waals surface area (Å²) in [5, 5.41) is 10.2. The molecule has 0 aromatic heterocycles. The molecule has 0 atom stereocenters. The van der Waals surface area contributed by atoms with Gasteiger partial charge in [-0.05, 0) is 38.3 Å². The van der Waals surface area contributed by atoms with Gasteiger partial charge in [0.15, 0.2) is 0 Å². The molecular weight excluding hydrogens is 262 g/mol. The highest BCUT2D eigenvalue weighted by Crippen LogP contribution is 2.29. The van der Waals surface area contributed by atoms with E-state index in [1.54, 1.807) is 19.1 Å².